The summed E-state index contributed by atoms with van der Waals surface area (Å²) in [7, 11) is 0. The molecule has 0 aliphatic carbocycles. The third-order valence-corrected chi connectivity index (χ3v) is 11.5. The van der Waals surface area contributed by atoms with E-state index in [9.17, 15) is 0 Å². The minimum atomic E-state index is -1.55. The molecule has 1 unspecified atom stereocenters. The zero-order valence-electron chi connectivity index (χ0n) is 5.46. The Morgan fingerprint density at radius 3 is 2.56 bits per heavy atom. The molecular formula is C4H10ClPS3. The van der Waals surface area contributed by atoms with Crippen LogP contribution in [-0.4, -0.2) is 12.0 Å². The van der Waals surface area contributed by atoms with Gasteiger partial charge < -0.3 is 0 Å². The Morgan fingerprint density at radius 2 is 2.22 bits per heavy atom. The molecule has 56 valence electrons. The molecule has 0 aromatic carbocycles. The topological polar surface area (TPSA) is 0 Å². The van der Waals surface area contributed by atoms with E-state index in [0.717, 1.165) is 12.2 Å². The fourth-order valence-electron chi connectivity index (χ4n) is 0.253. The van der Waals surface area contributed by atoms with Gasteiger partial charge in [-0.25, -0.2) is 0 Å². The number of rotatable bonds is 4. The molecule has 0 saturated heterocycles. The lowest BCUT2D eigenvalue weighted by atomic mass is 10.6. The van der Waals surface area contributed by atoms with Gasteiger partial charge in [0.2, 0.25) is 0 Å². The van der Waals surface area contributed by atoms with E-state index in [4.69, 9.17) is 23.0 Å². The molecule has 0 saturated carbocycles. The minimum absolute atomic E-state index is 1.10. The summed E-state index contributed by atoms with van der Waals surface area (Å²) < 4.78 is -1.55. The van der Waals surface area contributed by atoms with Crippen molar-refractivity contribution in [2.75, 3.05) is 12.0 Å². The molecule has 0 nitrogen and oxygen atoms in total. The molecule has 0 N–H and O–H groups in total. The van der Waals surface area contributed by atoms with E-state index in [-0.39, 0.29) is 0 Å². The zero-order chi connectivity index (χ0) is 7.33. The molecule has 0 fully saturated rings. The molecular weight excluding hydrogens is 211 g/mol. The molecule has 0 aliphatic rings. The van der Waals surface area contributed by atoms with Crippen molar-refractivity contribution in [2.24, 2.45) is 0 Å². The van der Waals surface area contributed by atoms with Gasteiger partial charge in [-0.2, -0.15) is 0 Å². The standard InChI is InChI=1S/C4H10ClPS3/c1-3-4-9-6(5,7)8-2/h3-4H2,1-2H3. The largest absolute Gasteiger partial charge is 0.140 e. The van der Waals surface area contributed by atoms with Crippen molar-refractivity contribution >= 4 is 49.6 Å². The van der Waals surface area contributed by atoms with Crippen LogP contribution in [-0.2, 0) is 11.8 Å². The van der Waals surface area contributed by atoms with Gasteiger partial charge in [0.25, 0.3) is 0 Å². The third kappa shape index (κ3) is 6.05. The summed E-state index contributed by atoms with van der Waals surface area (Å²) in [6.45, 7) is 2.14. The van der Waals surface area contributed by atoms with Gasteiger partial charge in [-0.3, -0.25) is 0 Å². The van der Waals surface area contributed by atoms with Crippen LogP contribution in [0.25, 0.3) is 0 Å². The van der Waals surface area contributed by atoms with Gasteiger partial charge in [0.15, 0.2) is 0 Å². The molecule has 0 aliphatic heterocycles. The Labute approximate surface area is 74.8 Å². The minimum Gasteiger partial charge on any atom is -0.103 e. The maximum atomic E-state index is 5.95. The monoisotopic (exact) mass is 220 g/mol. The SMILES string of the molecule is CCCSP(=S)(Cl)SC. The van der Waals surface area contributed by atoms with Gasteiger partial charge in [0.1, 0.15) is 3.79 Å². The van der Waals surface area contributed by atoms with Gasteiger partial charge in [-0.1, -0.05) is 41.4 Å². The maximum Gasteiger partial charge on any atom is 0.140 e. The average Bonchev–Trinajstić information content (AvgIpc) is 1.84. The van der Waals surface area contributed by atoms with Crippen molar-refractivity contribution in [3.05, 3.63) is 0 Å². The summed E-state index contributed by atoms with van der Waals surface area (Å²) in [6.07, 6.45) is 3.15. The number of halogens is 1. The van der Waals surface area contributed by atoms with Crippen molar-refractivity contribution in [2.45, 2.75) is 13.3 Å². The first kappa shape index (κ1) is 10.6. The highest BCUT2D eigenvalue weighted by molar-refractivity contribution is 9.06. The smallest absolute Gasteiger partial charge is 0.103 e. The van der Waals surface area contributed by atoms with Crippen LogP contribution in [0.15, 0.2) is 0 Å². The zero-order valence-corrected chi connectivity index (χ0v) is 9.56. The number of hydrogen-bond donors (Lipinski definition) is 0. The average molecular weight is 221 g/mol. The van der Waals surface area contributed by atoms with Crippen LogP contribution in [0.2, 0.25) is 0 Å². The fraction of sp³-hybridized carbons (Fsp3) is 1.00. The highest BCUT2D eigenvalue weighted by Gasteiger charge is 2.09. The van der Waals surface area contributed by atoms with E-state index < -0.39 is 3.79 Å². The molecule has 0 aromatic rings. The third-order valence-electron chi connectivity index (χ3n) is 0.668. The van der Waals surface area contributed by atoms with Crippen LogP contribution in [0, 0.1) is 0 Å². The first-order chi connectivity index (χ1) is 4.12. The highest BCUT2D eigenvalue weighted by atomic mass is 35.7. The fourth-order valence-corrected chi connectivity index (χ4v) is 5.19. The van der Waals surface area contributed by atoms with Crippen molar-refractivity contribution in [3.8, 4) is 0 Å². The Bertz CT molecular complexity index is 116. The molecule has 0 heterocycles. The van der Waals surface area contributed by atoms with Gasteiger partial charge >= 0.3 is 0 Å². The summed E-state index contributed by atoms with van der Waals surface area (Å²) >= 11 is 14.4. The molecule has 0 amide bonds. The second-order valence-corrected chi connectivity index (χ2v) is 15.5. The summed E-state index contributed by atoms with van der Waals surface area (Å²) in [5, 5.41) is 0. The van der Waals surface area contributed by atoms with Crippen LogP contribution in [0.5, 0.6) is 0 Å². The molecule has 0 aromatic heterocycles. The Balaban J connectivity index is 3.46. The molecule has 0 radical (unpaired) electrons. The van der Waals surface area contributed by atoms with Crippen LogP contribution in [0.4, 0.5) is 0 Å². The second-order valence-electron chi connectivity index (χ2n) is 1.45. The Kier molecular flexibility index (Phi) is 6.28. The molecule has 0 bridgehead atoms. The predicted octanol–water partition coefficient (Wildman–Crippen LogP) is 3.96. The van der Waals surface area contributed by atoms with Crippen LogP contribution < -0.4 is 0 Å². The van der Waals surface area contributed by atoms with Gasteiger partial charge in [-0.05, 0) is 18.4 Å². The molecule has 1 atom stereocenters. The molecule has 5 heteroatoms. The molecule has 9 heavy (non-hydrogen) atoms. The van der Waals surface area contributed by atoms with E-state index in [1.807, 2.05) is 6.26 Å². The highest BCUT2D eigenvalue weighted by Crippen LogP contribution is 2.72. The van der Waals surface area contributed by atoms with E-state index >= 15 is 0 Å². The summed E-state index contributed by atoms with van der Waals surface area (Å²) in [6, 6.07) is 0. The normalized spacial score (nSPS) is 17.2. The summed E-state index contributed by atoms with van der Waals surface area (Å²) in [5.41, 5.74) is 0. The quantitative estimate of drug-likeness (QED) is 0.659. The van der Waals surface area contributed by atoms with Gasteiger partial charge in [0.05, 0.1) is 0 Å². The van der Waals surface area contributed by atoms with Crippen molar-refractivity contribution in [3.63, 3.8) is 0 Å². The van der Waals surface area contributed by atoms with E-state index in [1.54, 1.807) is 22.8 Å². The lowest BCUT2D eigenvalue weighted by Crippen LogP contribution is -1.67. The lowest BCUT2D eigenvalue weighted by Gasteiger charge is -2.07. The van der Waals surface area contributed by atoms with E-state index in [0.29, 0.717) is 0 Å². The van der Waals surface area contributed by atoms with Crippen LogP contribution in [0.1, 0.15) is 13.3 Å². The van der Waals surface area contributed by atoms with Gasteiger partial charge in [0, 0.05) is 0 Å². The van der Waals surface area contributed by atoms with Crippen molar-refractivity contribution in [1.29, 1.82) is 0 Å². The van der Waals surface area contributed by atoms with Crippen LogP contribution in [0.3, 0.4) is 0 Å². The van der Waals surface area contributed by atoms with E-state index in [2.05, 4.69) is 6.92 Å². The predicted molar refractivity (Wildman–Crippen MR) is 56.4 cm³/mol. The first-order valence-electron chi connectivity index (χ1n) is 2.62. The van der Waals surface area contributed by atoms with Crippen molar-refractivity contribution < 1.29 is 0 Å². The van der Waals surface area contributed by atoms with Gasteiger partial charge in [-0.15, -0.1) is 11.4 Å². The Morgan fingerprint density at radius 1 is 1.67 bits per heavy atom. The molecule has 0 spiro atoms. The lowest BCUT2D eigenvalue weighted by molar-refractivity contribution is 1.11. The van der Waals surface area contributed by atoms with Crippen LogP contribution >= 0.6 is 37.8 Å². The molecule has 0 rings (SSSR count). The van der Waals surface area contributed by atoms with E-state index in [1.165, 1.54) is 0 Å². The Hall–Kier alpha value is 1.64. The van der Waals surface area contributed by atoms with Crippen molar-refractivity contribution in [1.82, 2.24) is 0 Å². The second kappa shape index (κ2) is 5.31. The summed E-state index contributed by atoms with van der Waals surface area (Å²) in [5.74, 6) is 1.10. The summed E-state index contributed by atoms with van der Waals surface area (Å²) in [4.78, 5) is 0. The number of hydrogen-bond acceptors (Lipinski definition) is 3. The first-order valence-corrected chi connectivity index (χ1v) is 9.75. The maximum absolute atomic E-state index is 5.95.